The van der Waals surface area contributed by atoms with Crippen LogP contribution in [0.2, 0.25) is 0 Å². The van der Waals surface area contributed by atoms with Crippen molar-refractivity contribution < 1.29 is 9.50 Å². The standard InChI is InChI=1S/C13H20FNOS/c1-3-17-8-4-7-15-10(2)12-6-5-11(14)9-13(12)16/h5-6,9-10,15-16H,3-4,7-8H2,1-2H3. The highest BCUT2D eigenvalue weighted by Crippen LogP contribution is 2.24. The van der Waals surface area contributed by atoms with Gasteiger partial charge in [0.2, 0.25) is 0 Å². The van der Waals surface area contributed by atoms with Crippen LogP contribution in [-0.2, 0) is 0 Å². The highest BCUT2D eigenvalue weighted by Gasteiger charge is 2.09. The summed E-state index contributed by atoms with van der Waals surface area (Å²) in [6.07, 6.45) is 1.10. The molecule has 96 valence electrons. The van der Waals surface area contributed by atoms with E-state index in [2.05, 4.69) is 12.2 Å². The summed E-state index contributed by atoms with van der Waals surface area (Å²) in [4.78, 5) is 0. The summed E-state index contributed by atoms with van der Waals surface area (Å²) in [7, 11) is 0. The van der Waals surface area contributed by atoms with Crippen LogP contribution in [0, 0.1) is 5.82 Å². The van der Waals surface area contributed by atoms with Gasteiger partial charge >= 0.3 is 0 Å². The van der Waals surface area contributed by atoms with Gasteiger partial charge in [0, 0.05) is 17.7 Å². The molecule has 0 aromatic heterocycles. The van der Waals surface area contributed by atoms with Crippen molar-refractivity contribution in [2.75, 3.05) is 18.1 Å². The monoisotopic (exact) mass is 257 g/mol. The molecule has 0 saturated heterocycles. The van der Waals surface area contributed by atoms with Gasteiger partial charge in [-0.15, -0.1) is 0 Å². The first-order valence-corrected chi connectivity index (χ1v) is 7.10. The van der Waals surface area contributed by atoms with Gasteiger partial charge in [-0.1, -0.05) is 13.0 Å². The van der Waals surface area contributed by atoms with Gasteiger partial charge in [0.05, 0.1) is 0 Å². The fourth-order valence-corrected chi connectivity index (χ4v) is 2.27. The van der Waals surface area contributed by atoms with Crippen LogP contribution in [0.15, 0.2) is 18.2 Å². The first kappa shape index (κ1) is 14.3. The minimum atomic E-state index is -0.405. The molecule has 1 aromatic carbocycles. The Balaban J connectivity index is 2.38. The van der Waals surface area contributed by atoms with Crippen molar-refractivity contribution in [3.63, 3.8) is 0 Å². The van der Waals surface area contributed by atoms with E-state index in [4.69, 9.17) is 0 Å². The third-order valence-electron chi connectivity index (χ3n) is 2.58. The lowest BCUT2D eigenvalue weighted by Crippen LogP contribution is -2.20. The maximum absolute atomic E-state index is 12.8. The Hall–Kier alpha value is -0.740. The summed E-state index contributed by atoms with van der Waals surface area (Å²) in [5, 5.41) is 12.9. The molecule has 0 aliphatic heterocycles. The summed E-state index contributed by atoms with van der Waals surface area (Å²) in [6, 6.07) is 4.20. The summed E-state index contributed by atoms with van der Waals surface area (Å²) in [5.74, 6) is 1.91. The molecule has 0 saturated carbocycles. The molecule has 1 rings (SSSR count). The average molecular weight is 257 g/mol. The van der Waals surface area contributed by atoms with E-state index in [0.29, 0.717) is 0 Å². The van der Waals surface area contributed by atoms with Crippen molar-refractivity contribution in [3.8, 4) is 5.75 Å². The first-order valence-electron chi connectivity index (χ1n) is 5.94. The van der Waals surface area contributed by atoms with E-state index < -0.39 is 5.82 Å². The maximum atomic E-state index is 12.8. The number of phenolic OH excluding ortho intramolecular Hbond substituents is 1. The Morgan fingerprint density at radius 1 is 1.47 bits per heavy atom. The van der Waals surface area contributed by atoms with Crippen LogP contribution < -0.4 is 5.32 Å². The number of benzene rings is 1. The predicted molar refractivity (Wildman–Crippen MR) is 72.1 cm³/mol. The summed E-state index contributed by atoms with van der Waals surface area (Å²) in [5.41, 5.74) is 0.745. The third kappa shape index (κ3) is 4.96. The topological polar surface area (TPSA) is 32.3 Å². The number of hydrogen-bond donors (Lipinski definition) is 2. The first-order chi connectivity index (χ1) is 8.15. The Morgan fingerprint density at radius 3 is 2.88 bits per heavy atom. The Morgan fingerprint density at radius 2 is 2.24 bits per heavy atom. The second-order valence-corrected chi connectivity index (χ2v) is 5.32. The van der Waals surface area contributed by atoms with Crippen LogP contribution in [0.1, 0.15) is 31.9 Å². The minimum absolute atomic E-state index is 0.0212. The molecule has 0 aliphatic carbocycles. The number of thioether (sulfide) groups is 1. The number of hydrogen-bond acceptors (Lipinski definition) is 3. The Kier molecular flexibility index (Phi) is 6.37. The molecule has 0 amide bonds. The number of rotatable bonds is 7. The molecule has 4 heteroatoms. The van der Waals surface area contributed by atoms with Crippen LogP contribution in [-0.4, -0.2) is 23.2 Å². The Labute approximate surface area is 107 Å². The molecule has 1 atom stereocenters. The van der Waals surface area contributed by atoms with Crippen molar-refractivity contribution in [2.24, 2.45) is 0 Å². The molecule has 1 unspecified atom stereocenters. The third-order valence-corrected chi connectivity index (χ3v) is 3.56. The molecule has 17 heavy (non-hydrogen) atoms. The van der Waals surface area contributed by atoms with Gasteiger partial charge in [0.15, 0.2) is 0 Å². The molecule has 0 bridgehead atoms. The average Bonchev–Trinajstić information content (AvgIpc) is 2.28. The lowest BCUT2D eigenvalue weighted by Gasteiger charge is -2.15. The maximum Gasteiger partial charge on any atom is 0.126 e. The molecular formula is C13H20FNOS. The largest absolute Gasteiger partial charge is 0.508 e. The van der Waals surface area contributed by atoms with Crippen LogP contribution in [0.5, 0.6) is 5.75 Å². The van der Waals surface area contributed by atoms with Crippen molar-refractivity contribution in [3.05, 3.63) is 29.6 Å². The quantitative estimate of drug-likeness (QED) is 0.735. The van der Waals surface area contributed by atoms with E-state index in [-0.39, 0.29) is 11.8 Å². The van der Waals surface area contributed by atoms with E-state index in [0.717, 1.165) is 36.1 Å². The van der Waals surface area contributed by atoms with E-state index >= 15 is 0 Å². The van der Waals surface area contributed by atoms with Gasteiger partial charge in [0.1, 0.15) is 11.6 Å². The number of phenols is 1. The van der Waals surface area contributed by atoms with E-state index in [1.807, 2.05) is 18.7 Å². The van der Waals surface area contributed by atoms with Crippen molar-refractivity contribution in [2.45, 2.75) is 26.3 Å². The number of halogens is 1. The summed E-state index contributed by atoms with van der Waals surface area (Å²) in [6.45, 7) is 5.03. The lowest BCUT2D eigenvalue weighted by molar-refractivity contribution is 0.447. The lowest BCUT2D eigenvalue weighted by atomic mass is 10.1. The van der Waals surface area contributed by atoms with Crippen molar-refractivity contribution in [1.29, 1.82) is 0 Å². The predicted octanol–water partition coefficient (Wildman–Crippen LogP) is 3.33. The van der Waals surface area contributed by atoms with Gasteiger partial charge in [0.25, 0.3) is 0 Å². The second-order valence-electron chi connectivity index (χ2n) is 3.93. The molecule has 2 N–H and O–H groups in total. The van der Waals surface area contributed by atoms with E-state index in [1.54, 1.807) is 6.07 Å². The molecule has 0 spiro atoms. The fraction of sp³-hybridized carbons (Fsp3) is 0.538. The van der Waals surface area contributed by atoms with Crippen molar-refractivity contribution >= 4 is 11.8 Å². The fourth-order valence-electron chi connectivity index (χ4n) is 1.63. The molecule has 0 radical (unpaired) electrons. The molecule has 0 fully saturated rings. The van der Waals surface area contributed by atoms with E-state index in [9.17, 15) is 9.50 Å². The Bertz CT molecular complexity index is 346. The van der Waals surface area contributed by atoms with Gasteiger partial charge in [-0.05, 0) is 37.5 Å². The number of aromatic hydroxyl groups is 1. The van der Waals surface area contributed by atoms with Crippen LogP contribution >= 0.6 is 11.8 Å². The van der Waals surface area contributed by atoms with Crippen molar-refractivity contribution in [1.82, 2.24) is 5.32 Å². The minimum Gasteiger partial charge on any atom is -0.508 e. The molecule has 0 heterocycles. The highest BCUT2D eigenvalue weighted by atomic mass is 32.2. The molecule has 1 aromatic rings. The molecular weight excluding hydrogens is 237 g/mol. The van der Waals surface area contributed by atoms with Crippen LogP contribution in [0.25, 0.3) is 0 Å². The summed E-state index contributed by atoms with van der Waals surface area (Å²) >= 11 is 1.92. The van der Waals surface area contributed by atoms with E-state index in [1.165, 1.54) is 6.07 Å². The SMILES string of the molecule is CCSCCCNC(C)c1ccc(F)cc1O. The highest BCUT2D eigenvalue weighted by molar-refractivity contribution is 7.99. The zero-order valence-electron chi connectivity index (χ0n) is 10.4. The smallest absolute Gasteiger partial charge is 0.126 e. The zero-order valence-corrected chi connectivity index (χ0v) is 11.2. The second kappa shape index (κ2) is 7.56. The molecule has 0 aliphatic rings. The van der Waals surface area contributed by atoms with Gasteiger partial charge < -0.3 is 10.4 Å². The van der Waals surface area contributed by atoms with Crippen LogP contribution in [0.3, 0.4) is 0 Å². The summed E-state index contributed by atoms with van der Waals surface area (Å²) < 4.78 is 12.8. The molecule has 2 nitrogen and oxygen atoms in total. The van der Waals surface area contributed by atoms with Crippen LogP contribution in [0.4, 0.5) is 4.39 Å². The van der Waals surface area contributed by atoms with Gasteiger partial charge in [-0.2, -0.15) is 11.8 Å². The normalized spacial score (nSPS) is 12.6. The van der Waals surface area contributed by atoms with Gasteiger partial charge in [-0.25, -0.2) is 4.39 Å². The zero-order chi connectivity index (χ0) is 12.7. The number of nitrogens with one attached hydrogen (secondary N) is 1. The van der Waals surface area contributed by atoms with Gasteiger partial charge in [-0.3, -0.25) is 0 Å².